The van der Waals surface area contributed by atoms with Gasteiger partial charge in [-0.15, -0.1) is 0 Å². The quantitative estimate of drug-likeness (QED) is 0.626. The van der Waals surface area contributed by atoms with Crippen LogP contribution in [-0.2, 0) is 4.74 Å². The summed E-state index contributed by atoms with van der Waals surface area (Å²) in [5.41, 5.74) is 4.62. The number of aryl methyl sites for hydroxylation is 2. The van der Waals surface area contributed by atoms with Crippen LogP contribution < -0.4 is 0 Å². The maximum Gasteiger partial charge on any atom is 0.337 e. The van der Waals surface area contributed by atoms with Gasteiger partial charge in [0, 0.05) is 29.7 Å². The Morgan fingerprint density at radius 2 is 2.00 bits per heavy atom. The van der Waals surface area contributed by atoms with Crippen molar-refractivity contribution in [1.29, 1.82) is 0 Å². The molecule has 0 saturated heterocycles. The fourth-order valence-electron chi connectivity index (χ4n) is 2.43. The van der Waals surface area contributed by atoms with Crippen molar-refractivity contribution in [2.45, 2.75) is 33.7 Å². The second-order valence-electron chi connectivity index (χ2n) is 5.67. The molecule has 0 unspecified atom stereocenters. The van der Waals surface area contributed by atoms with Gasteiger partial charge < -0.3 is 9.30 Å². The molecule has 0 aliphatic carbocycles. The highest BCUT2D eigenvalue weighted by Gasteiger charge is 2.07. The number of aliphatic imine (C=N–C) groups is 1. The third-order valence-corrected chi connectivity index (χ3v) is 3.60. The van der Waals surface area contributed by atoms with Crippen LogP contribution in [0.1, 0.15) is 47.1 Å². The zero-order chi connectivity index (χ0) is 16.3. The van der Waals surface area contributed by atoms with E-state index >= 15 is 0 Å². The van der Waals surface area contributed by atoms with E-state index in [1.54, 1.807) is 12.1 Å². The fraction of sp³-hybridized carbons (Fsp3) is 0.333. The zero-order valence-corrected chi connectivity index (χ0v) is 13.8. The predicted octanol–water partition coefficient (Wildman–Crippen LogP) is 4.22. The van der Waals surface area contributed by atoms with E-state index in [2.05, 4.69) is 42.6 Å². The highest BCUT2D eigenvalue weighted by molar-refractivity contribution is 5.90. The topological polar surface area (TPSA) is 43.6 Å². The molecule has 0 atom stereocenters. The first-order valence-corrected chi connectivity index (χ1v) is 7.34. The molecular weight excluding hydrogens is 276 g/mol. The number of carbonyl (C=O) groups excluding carboxylic acids is 1. The van der Waals surface area contributed by atoms with Gasteiger partial charge in [-0.25, -0.2) is 4.79 Å². The van der Waals surface area contributed by atoms with Gasteiger partial charge >= 0.3 is 5.97 Å². The van der Waals surface area contributed by atoms with E-state index in [9.17, 15) is 4.79 Å². The Labute approximate surface area is 131 Å². The number of aromatic nitrogens is 1. The van der Waals surface area contributed by atoms with Gasteiger partial charge in [-0.2, -0.15) is 0 Å². The summed E-state index contributed by atoms with van der Waals surface area (Å²) in [5.74, 6) is -0.330. The maximum absolute atomic E-state index is 11.5. The van der Waals surface area contributed by atoms with Crippen LogP contribution in [0.2, 0.25) is 0 Å². The minimum absolute atomic E-state index is 0.330. The molecule has 0 saturated carbocycles. The lowest BCUT2D eigenvalue weighted by Crippen LogP contribution is -2.00. The van der Waals surface area contributed by atoms with Gasteiger partial charge in [-0.3, -0.25) is 4.99 Å². The molecule has 1 aromatic carbocycles. The third kappa shape index (κ3) is 3.45. The first-order valence-electron chi connectivity index (χ1n) is 7.34. The third-order valence-electron chi connectivity index (χ3n) is 3.60. The van der Waals surface area contributed by atoms with Gasteiger partial charge in [0.1, 0.15) is 0 Å². The van der Waals surface area contributed by atoms with Gasteiger partial charge in [0.2, 0.25) is 0 Å². The van der Waals surface area contributed by atoms with E-state index < -0.39 is 0 Å². The van der Waals surface area contributed by atoms with E-state index in [-0.39, 0.29) is 5.97 Å². The van der Waals surface area contributed by atoms with Gasteiger partial charge in [-0.1, -0.05) is 0 Å². The average molecular weight is 298 g/mol. The standard InChI is InChI=1S/C18H22N2O2/c1-12(2)20-11-15(9-14(20)4)10-19-17-7-6-16(8-13(17)3)18(21)22-5/h6-12H,1-5H3. The van der Waals surface area contributed by atoms with E-state index in [1.165, 1.54) is 12.8 Å². The lowest BCUT2D eigenvalue weighted by atomic mass is 10.1. The Morgan fingerprint density at radius 1 is 1.27 bits per heavy atom. The Bertz CT molecular complexity index is 712. The van der Waals surface area contributed by atoms with E-state index in [1.807, 2.05) is 19.2 Å². The molecule has 116 valence electrons. The number of methoxy groups -OCH3 is 1. The number of esters is 1. The van der Waals surface area contributed by atoms with Crippen LogP contribution in [0.15, 0.2) is 35.5 Å². The number of nitrogens with zero attached hydrogens (tertiary/aromatic N) is 2. The van der Waals surface area contributed by atoms with Crippen LogP contribution >= 0.6 is 0 Å². The van der Waals surface area contributed by atoms with Gasteiger partial charge in [0.05, 0.1) is 18.4 Å². The lowest BCUT2D eigenvalue weighted by molar-refractivity contribution is 0.0600. The number of ether oxygens (including phenoxy) is 1. The molecule has 1 heterocycles. The smallest absolute Gasteiger partial charge is 0.337 e. The molecule has 0 spiro atoms. The van der Waals surface area contributed by atoms with Crippen LogP contribution in [0.3, 0.4) is 0 Å². The molecule has 0 bridgehead atoms. The molecule has 2 rings (SSSR count). The summed E-state index contributed by atoms with van der Waals surface area (Å²) in [7, 11) is 1.38. The van der Waals surface area contributed by atoms with E-state index in [4.69, 9.17) is 4.74 Å². The summed E-state index contributed by atoms with van der Waals surface area (Å²) >= 11 is 0. The average Bonchev–Trinajstić information content (AvgIpc) is 2.86. The van der Waals surface area contributed by atoms with Crippen molar-refractivity contribution in [1.82, 2.24) is 4.57 Å². The first kappa shape index (κ1) is 16.0. The van der Waals surface area contributed by atoms with Crippen LogP contribution in [0.25, 0.3) is 0 Å². The second kappa shape index (κ2) is 6.60. The summed E-state index contributed by atoms with van der Waals surface area (Å²) in [6, 6.07) is 7.91. The largest absolute Gasteiger partial charge is 0.465 e. The molecule has 0 N–H and O–H groups in total. The molecule has 22 heavy (non-hydrogen) atoms. The van der Waals surface area contributed by atoms with Gasteiger partial charge in [0.25, 0.3) is 0 Å². The molecule has 0 radical (unpaired) electrons. The van der Waals surface area contributed by atoms with E-state index in [0.29, 0.717) is 11.6 Å². The van der Waals surface area contributed by atoms with E-state index in [0.717, 1.165) is 16.8 Å². The zero-order valence-electron chi connectivity index (χ0n) is 13.8. The number of hydrogen-bond donors (Lipinski definition) is 0. The molecule has 1 aromatic heterocycles. The fourth-order valence-corrected chi connectivity index (χ4v) is 2.43. The summed E-state index contributed by atoms with van der Waals surface area (Å²) < 4.78 is 6.94. The second-order valence-corrected chi connectivity index (χ2v) is 5.67. The normalized spacial score (nSPS) is 11.4. The highest BCUT2D eigenvalue weighted by atomic mass is 16.5. The number of carbonyl (C=O) groups is 1. The summed E-state index contributed by atoms with van der Waals surface area (Å²) in [6.07, 6.45) is 3.95. The van der Waals surface area contributed by atoms with Crippen LogP contribution in [-0.4, -0.2) is 23.9 Å². The Hall–Kier alpha value is -2.36. The lowest BCUT2D eigenvalue weighted by Gasteiger charge is -2.08. The summed E-state index contributed by atoms with van der Waals surface area (Å²) in [4.78, 5) is 16.0. The molecule has 0 aliphatic heterocycles. The Balaban J connectivity index is 2.23. The van der Waals surface area contributed by atoms with Crippen molar-refractivity contribution in [3.05, 3.63) is 52.8 Å². The number of hydrogen-bond acceptors (Lipinski definition) is 3. The molecule has 4 nitrogen and oxygen atoms in total. The monoisotopic (exact) mass is 298 g/mol. The number of benzene rings is 1. The minimum atomic E-state index is -0.330. The van der Waals surface area contributed by atoms with Crippen LogP contribution in [0.4, 0.5) is 5.69 Å². The Kier molecular flexibility index (Phi) is 4.81. The van der Waals surface area contributed by atoms with Crippen molar-refractivity contribution in [3.63, 3.8) is 0 Å². The van der Waals surface area contributed by atoms with Crippen molar-refractivity contribution in [3.8, 4) is 0 Å². The summed E-state index contributed by atoms with van der Waals surface area (Å²) in [5, 5.41) is 0. The molecule has 0 aliphatic rings. The van der Waals surface area contributed by atoms with Crippen molar-refractivity contribution in [2.75, 3.05) is 7.11 Å². The van der Waals surface area contributed by atoms with Crippen molar-refractivity contribution in [2.24, 2.45) is 4.99 Å². The molecular formula is C18H22N2O2. The Morgan fingerprint density at radius 3 is 2.55 bits per heavy atom. The summed E-state index contributed by atoms with van der Waals surface area (Å²) in [6.45, 7) is 8.34. The maximum atomic E-state index is 11.5. The van der Waals surface area contributed by atoms with Crippen LogP contribution in [0.5, 0.6) is 0 Å². The van der Waals surface area contributed by atoms with Crippen LogP contribution in [0, 0.1) is 13.8 Å². The number of rotatable bonds is 4. The molecule has 0 fully saturated rings. The van der Waals surface area contributed by atoms with Gasteiger partial charge in [0.15, 0.2) is 0 Å². The molecule has 0 amide bonds. The highest BCUT2D eigenvalue weighted by Crippen LogP contribution is 2.21. The SMILES string of the molecule is COC(=O)c1ccc(N=Cc2cc(C)n(C(C)C)c2)c(C)c1. The minimum Gasteiger partial charge on any atom is -0.465 e. The molecule has 2 aromatic rings. The first-order chi connectivity index (χ1) is 10.4. The van der Waals surface area contributed by atoms with Gasteiger partial charge in [-0.05, 0) is 57.5 Å². The van der Waals surface area contributed by atoms with Crippen molar-refractivity contribution >= 4 is 17.9 Å². The molecule has 4 heteroatoms. The van der Waals surface area contributed by atoms with Crippen molar-refractivity contribution < 1.29 is 9.53 Å². The predicted molar refractivity (Wildman–Crippen MR) is 89.3 cm³/mol.